The zero-order chi connectivity index (χ0) is 18.8. The van der Waals surface area contributed by atoms with Crippen molar-refractivity contribution in [1.82, 2.24) is 10.2 Å². The third-order valence-corrected chi connectivity index (χ3v) is 5.04. The molecule has 27 heavy (non-hydrogen) atoms. The summed E-state index contributed by atoms with van der Waals surface area (Å²) in [5.74, 6) is 0.433. The monoisotopic (exact) mass is 382 g/mol. The molecule has 0 radical (unpaired) electrons. The average molecular weight is 382 g/mol. The largest absolute Gasteiger partial charge is 0.411 e. The number of benzene rings is 2. The Balaban J connectivity index is 1.40. The zero-order valence-electron chi connectivity index (χ0n) is 14.1. The molecular formula is C18H14N4O4S. The fraction of sp³-hybridized carbons (Fsp3) is 0.167. The normalized spacial score (nSPS) is 12.8. The van der Waals surface area contributed by atoms with Crippen LogP contribution < -0.4 is 4.90 Å². The van der Waals surface area contributed by atoms with E-state index in [0.29, 0.717) is 12.1 Å². The molecule has 1 amide bonds. The smallest absolute Gasteiger partial charge is 0.277 e. The number of nitro benzene ring substituents is 1. The van der Waals surface area contributed by atoms with Crippen molar-refractivity contribution in [2.24, 2.45) is 0 Å². The molecule has 1 aromatic heterocycles. The van der Waals surface area contributed by atoms with Gasteiger partial charge in [-0.25, -0.2) is 0 Å². The van der Waals surface area contributed by atoms with Gasteiger partial charge in [0.25, 0.3) is 10.9 Å². The summed E-state index contributed by atoms with van der Waals surface area (Å²) >= 11 is 1.17. The highest BCUT2D eigenvalue weighted by Crippen LogP contribution is 2.29. The molecule has 0 N–H and O–H groups in total. The van der Waals surface area contributed by atoms with E-state index in [0.717, 1.165) is 12.1 Å². The first kappa shape index (κ1) is 17.2. The van der Waals surface area contributed by atoms with E-state index >= 15 is 0 Å². The highest BCUT2D eigenvalue weighted by Gasteiger charge is 2.24. The predicted molar refractivity (Wildman–Crippen MR) is 99.6 cm³/mol. The first-order valence-corrected chi connectivity index (χ1v) is 9.20. The minimum absolute atomic E-state index is 0.00986. The molecular weight excluding hydrogens is 368 g/mol. The van der Waals surface area contributed by atoms with Crippen LogP contribution >= 0.6 is 11.8 Å². The van der Waals surface area contributed by atoms with Crippen molar-refractivity contribution >= 4 is 29.0 Å². The van der Waals surface area contributed by atoms with Crippen molar-refractivity contribution in [1.29, 1.82) is 0 Å². The molecule has 0 unspecified atom stereocenters. The molecule has 4 rings (SSSR count). The van der Waals surface area contributed by atoms with Crippen molar-refractivity contribution in [2.75, 3.05) is 17.2 Å². The summed E-state index contributed by atoms with van der Waals surface area (Å²) in [7, 11) is 0. The van der Waals surface area contributed by atoms with Crippen LogP contribution in [0.2, 0.25) is 0 Å². The molecule has 2 aromatic carbocycles. The molecule has 0 saturated carbocycles. The number of nitro groups is 1. The summed E-state index contributed by atoms with van der Waals surface area (Å²) in [6.07, 6.45) is 0.859. The number of nitrogens with zero attached hydrogens (tertiary/aromatic N) is 4. The van der Waals surface area contributed by atoms with Crippen LogP contribution in [-0.2, 0) is 11.2 Å². The van der Waals surface area contributed by atoms with Gasteiger partial charge >= 0.3 is 0 Å². The molecule has 2 heterocycles. The lowest BCUT2D eigenvalue weighted by Gasteiger charge is -2.16. The molecule has 9 heteroatoms. The Morgan fingerprint density at radius 2 is 1.96 bits per heavy atom. The van der Waals surface area contributed by atoms with Crippen molar-refractivity contribution in [3.63, 3.8) is 0 Å². The van der Waals surface area contributed by atoms with Gasteiger partial charge in [-0.2, -0.15) is 0 Å². The van der Waals surface area contributed by atoms with Gasteiger partial charge in [-0.1, -0.05) is 30.0 Å². The summed E-state index contributed by atoms with van der Waals surface area (Å²) in [5.41, 5.74) is 2.71. The maximum Gasteiger partial charge on any atom is 0.277 e. The van der Waals surface area contributed by atoms with Crippen LogP contribution in [0.25, 0.3) is 11.5 Å². The highest BCUT2D eigenvalue weighted by atomic mass is 32.2. The quantitative estimate of drug-likeness (QED) is 0.379. The van der Waals surface area contributed by atoms with Gasteiger partial charge < -0.3 is 9.32 Å². The van der Waals surface area contributed by atoms with Crippen LogP contribution in [0.5, 0.6) is 0 Å². The number of anilines is 1. The number of carbonyl (C=O) groups excluding carboxylic acids is 1. The van der Waals surface area contributed by atoms with Crippen LogP contribution in [0.1, 0.15) is 5.56 Å². The number of para-hydroxylation sites is 1. The first-order chi connectivity index (χ1) is 13.1. The molecule has 0 bridgehead atoms. The Labute approximate surface area is 158 Å². The lowest BCUT2D eigenvalue weighted by Crippen LogP contribution is -2.30. The van der Waals surface area contributed by atoms with E-state index in [9.17, 15) is 14.9 Å². The standard InChI is InChI=1S/C18H14N4O4S/c23-16(21-10-9-12-3-1-2-4-15(12)21)11-27-18-20-19-17(26-18)13-5-7-14(8-6-13)22(24)25/h1-8H,9-11H2. The Bertz CT molecular complexity index is 1000. The summed E-state index contributed by atoms with van der Waals surface area (Å²) in [6, 6.07) is 13.7. The fourth-order valence-corrected chi connectivity index (χ4v) is 3.55. The van der Waals surface area contributed by atoms with Gasteiger partial charge in [-0.05, 0) is 30.2 Å². The number of amides is 1. The molecule has 3 aromatic rings. The summed E-state index contributed by atoms with van der Waals surface area (Å²) in [5, 5.41) is 18.9. The zero-order valence-corrected chi connectivity index (χ0v) is 14.9. The van der Waals surface area contributed by atoms with E-state index < -0.39 is 4.92 Å². The Morgan fingerprint density at radius 1 is 1.19 bits per heavy atom. The predicted octanol–water partition coefficient (Wildman–Crippen LogP) is 3.33. The maximum atomic E-state index is 12.5. The molecule has 1 aliphatic heterocycles. The van der Waals surface area contributed by atoms with Crippen molar-refractivity contribution in [3.05, 3.63) is 64.2 Å². The van der Waals surface area contributed by atoms with E-state index in [1.165, 1.54) is 29.5 Å². The first-order valence-electron chi connectivity index (χ1n) is 8.21. The second kappa shape index (κ2) is 7.20. The van der Waals surface area contributed by atoms with Gasteiger partial charge in [-0.3, -0.25) is 14.9 Å². The number of aromatic nitrogens is 2. The molecule has 0 saturated heterocycles. The second-order valence-corrected chi connectivity index (χ2v) is 6.82. The van der Waals surface area contributed by atoms with Crippen LogP contribution in [0.3, 0.4) is 0 Å². The highest BCUT2D eigenvalue weighted by molar-refractivity contribution is 7.99. The molecule has 0 spiro atoms. The van der Waals surface area contributed by atoms with E-state index in [2.05, 4.69) is 10.2 Å². The van der Waals surface area contributed by atoms with E-state index in [1.54, 1.807) is 17.0 Å². The lowest BCUT2D eigenvalue weighted by molar-refractivity contribution is -0.384. The number of hydrogen-bond acceptors (Lipinski definition) is 7. The van der Waals surface area contributed by atoms with Crippen molar-refractivity contribution in [2.45, 2.75) is 11.6 Å². The van der Waals surface area contributed by atoms with Gasteiger partial charge in [0, 0.05) is 29.9 Å². The fourth-order valence-electron chi connectivity index (χ4n) is 2.91. The van der Waals surface area contributed by atoms with Crippen LogP contribution in [-0.4, -0.2) is 33.3 Å². The van der Waals surface area contributed by atoms with E-state index in [1.807, 2.05) is 24.3 Å². The molecule has 1 aliphatic rings. The van der Waals surface area contributed by atoms with Crippen molar-refractivity contribution in [3.8, 4) is 11.5 Å². The van der Waals surface area contributed by atoms with Gasteiger partial charge in [-0.15, -0.1) is 10.2 Å². The van der Waals surface area contributed by atoms with Gasteiger partial charge in [0.2, 0.25) is 11.8 Å². The third kappa shape index (κ3) is 3.54. The van der Waals surface area contributed by atoms with Crippen LogP contribution in [0.15, 0.2) is 58.2 Å². The Hall–Kier alpha value is -3.20. The number of hydrogen-bond donors (Lipinski definition) is 0. The topological polar surface area (TPSA) is 102 Å². The second-order valence-electron chi connectivity index (χ2n) is 5.89. The Kier molecular flexibility index (Phi) is 4.59. The third-order valence-electron chi connectivity index (χ3n) is 4.24. The number of non-ortho nitro benzene ring substituents is 1. The Morgan fingerprint density at radius 3 is 2.74 bits per heavy atom. The van der Waals surface area contributed by atoms with Crippen LogP contribution in [0, 0.1) is 10.1 Å². The van der Waals surface area contributed by atoms with E-state index in [-0.39, 0.29) is 28.5 Å². The van der Waals surface area contributed by atoms with Gasteiger partial charge in [0.15, 0.2) is 0 Å². The van der Waals surface area contributed by atoms with Crippen LogP contribution in [0.4, 0.5) is 11.4 Å². The maximum absolute atomic E-state index is 12.5. The molecule has 0 aliphatic carbocycles. The minimum atomic E-state index is -0.471. The SMILES string of the molecule is O=C(CSc1nnc(-c2ccc([N+](=O)[O-])cc2)o1)N1CCc2ccccc21. The molecule has 0 fully saturated rings. The summed E-state index contributed by atoms with van der Waals surface area (Å²) < 4.78 is 5.55. The van der Waals surface area contributed by atoms with Crippen molar-refractivity contribution < 1.29 is 14.1 Å². The summed E-state index contributed by atoms with van der Waals surface area (Å²) in [4.78, 5) is 24.5. The van der Waals surface area contributed by atoms with E-state index in [4.69, 9.17) is 4.42 Å². The molecule has 136 valence electrons. The number of rotatable bonds is 5. The molecule has 0 atom stereocenters. The van der Waals surface area contributed by atoms with Gasteiger partial charge in [0.05, 0.1) is 10.7 Å². The average Bonchev–Trinajstić information content (AvgIpc) is 3.33. The minimum Gasteiger partial charge on any atom is -0.411 e. The summed E-state index contributed by atoms with van der Waals surface area (Å²) in [6.45, 7) is 0.677. The number of carbonyl (C=O) groups is 1. The number of thioether (sulfide) groups is 1. The lowest BCUT2D eigenvalue weighted by atomic mass is 10.2. The number of fused-ring (bicyclic) bond motifs is 1. The molecule has 8 nitrogen and oxygen atoms in total. The van der Waals surface area contributed by atoms with Gasteiger partial charge in [0.1, 0.15) is 0 Å².